The van der Waals surface area contributed by atoms with Gasteiger partial charge in [0.25, 0.3) is 11.6 Å². The van der Waals surface area contributed by atoms with Crippen molar-refractivity contribution in [1.82, 2.24) is 4.90 Å². The van der Waals surface area contributed by atoms with Crippen molar-refractivity contribution >= 4 is 35.1 Å². The summed E-state index contributed by atoms with van der Waals surface area (Å²) in [5.74, 6) is -2.58. The van der Waals surface area contributed by atoms with Crippen LogP contribution in [-0.4, -0.2) is 46.2 Å². The number of fused-ring (bicyclic) bond motifs is 1. The summed E-state index contributed by atoms with van der Waals surface area (Å²) in [4.78, 5) is 60.2. The fraction of sp³-hybridized carbons (Fsp3) is 0.400. The van der Waals surface area contributed by atoms with Crippen LogP contribution in [0.5, 0.6) is 0 Å². The van der Waals surface area contributed by atoms with Crippen LogP contribution in [0.25, 0.3) is 0 Å². The number of amides is 3. The highest BCUT2D eigenvalue weighted by molar-refractivity contribution is 6.05. The predicted molar refractivity (Wildman–Crippen MR) is 104 cm³/mol. The van der Waals surface area contributed by atoms with E-state index in [1.165, 1.54) is 31.2 Å². The molecule has 1 fully saturated rings. The molecule has 1 aromatic rings. The molecule has 158 valence electrons. The first kappa shape index (κ1) is 21.2. The van der Waals surface area contributed by atoms with Crippen molar-refractivity contribution in [3.8, 4) is 0 Å². The number of anilines is 1. The van der Waals surface area contributed by atoms with Crippen LogP contribution in [0.2, 0.25) is 0 Å². The number of hydrogen-bond donors (Lipinski definition) is 1. The van der Waals surface area contributed by atoms with Crippen molar-refractivity contribution in [2.75, 3.05) is 11.9 Å². The number of non-ortho nitro benzene ring substituents is 1. The van der Waals surface area contributed by atoms with Crippen LogP contribution in [0.1, 0.15) is 26.2 Å². The lowest BCUT2D eigenvalue weighted by Gasteiger charge is -2.16. The van der Waals surface area contributed by atoms with Crippen LogP contribution in [-0.2, 0) is 23.9 Å². The Morgan fingerprint density at radius 1 is 1.17 bits per heavy atom. The first-order valence-corrected chi connectivity index (χ1v) is 9.53. The molecule has 3 atom stereocenters. The quantitative estimate of drug-likeness (QED) is 0.236. The third kappa shape index (κ3) is 4.53. The molecule has 1 aliphatic heterocycles. The summed E-state index contributed by atoms with van der Waals surface area (Å²) in [6.45, 7) is 1.30. The van der Waals surface area contributed by atoms with Crippen LogP contribution >= 0.6 is 0 Å². The normalized spacial score (nSPS) is 21.2. The monoisotopic (exact) mass is 415 g/mol. The smallest absolute Gasteiger partial charge is 0.308 e. The minimum atomic E-state index is -1.12. The van der Waals surface area contributed by atoms with E-state index in [1.807, 2.05) is 12.2 Å². The number of nitro benzene ring substituents is 1. The molecule has 0 radical (unpaired) electrons. The molecule has 0 saturated carbocycles. The molecule has 1 N–H and O–H groups in total. The van der Waals surface area contributed by atoms with Crippen molar-refractivity contribution in [2.24, 2.45) is 11.8 Å². The molecular weight excluding hydrogens is 394 g/mol. The van der Waals surface area contributed by atoms with Crippen LogP contribution < -0.4 is 5.32 Å². The number of esters is 1. The average Bonchev–Trinajstić information content (AvgIpc) is 2.97. The average molecular weight is 415 g/mol. The lowest BCUT2D eigenvalue weighted by Crippen LogP contribution is -2.35. The lowest BCUT2D eigenvalue weighted by atomic mass is 9.85. The summed E-state index contributed by atoms with van der Waals surface area (Å²) < 4.78 is 5.07. The van der Waals surface area contributed by atoms with E-state index in [0.29, 0.717) is 18.5 Å². The number of imide groups is 1. The highest BCUT2D eigenvalue weighted by atomic mass is 16.6. The zero-order chi connectivity index (χ0) is 21.8. The Balaban J connectivity index is 1.47. The molecule has 1 aliphatic carbocycles. The molecule has 3 amide bonds. The van der Waals surface area contributed by atoms with Gasteiger partial charge in [0.05, 0.1) is 23.2 Å². The summed E-state index contributed by atoms with van der Waals surface area (Å²) in [6, 6.07) is 5.21. The molecule has 30 heavy (non-hydrogen) atoms. The van der Waals surface area contributed by atoms with Crippen molar-refractivity contribution < 1.29 is 28.8 Å². The van der Waals surface area contributed by atoms with Gasteiger partial charge < -0.3 is 10.1 Å². The maximum atomic E-state index is 12.4. The summed E-state index contributed by atoms with van der Waals surface area (Å²) in [5.41, 5.74) is 0.201. The molecule has 2 aliphatic rings. The van der Waals surface area contributed by atoms with Gasteiger partial charge in [-0.15, -0.1) is 0 Å². The molecule has 0 spiro atoms. The van der Waals surface area contributed by atoms with Gasteiger partial charge in [-0.3, -0.25) is 34.2 Å². The maximum Gasteiger partial charge on any atom is 0.308 e. The number of nitrogens with one attached hydrogen (secondary N) is 1. The Labute approximate surface area is 172 Å². The van der Waals surface area contributed by atoms with Gasteiger partial charge in [0.1, 0.15) is 0 Å². The van der Waals surface area contributed by atoms with E-state index < -0.39 is 22.9 Å². The second kappa shape index (κ2) is 8.85. The van der Waals surface area contributed by atoms with Gasteiger partial charge >= 0.3 is 5.97 Å². The molecule has 1 aromatic carbocycles. The van der Waals surface area contributed by atoms with Crippen molar-refractivity contribution in [3.63, 3.8) is 0 Å². The third-order valence-electron chi connectivity index (χ3n) is 5.16. The van der Waals surface area contributed by atoms with Crippen LogP contribution in [0.4, 0.5) is 11.4 Å². The fourth-order valence-corrected chi connectivity index (χ4v) is 3.51. The predicted octanol–water partition coefficient (Wildman–Crippen LogP) is 1.81. The number of nitro groups is 1. The second-order valence-corrected chi connectivity index (χ2v) is 7.16. The van der Waals surface area contributed by atoms with Gasteiger partial charge in [-0.25, -0.2) is 0 Å². The topological polar surface area (TPSA) is 136 Å². The van der Waals surface area contributed by atoms with Crippen LogP contribution in [0, 0.1) is 22.0 Å². The van der Waals surface area contributed by atoms with Crippen molar-refractivity contribution in [1.29, 1.82) is 0 Å². The highest BCUT2D eigenvalue weighted by Crippen LogP contribution is 2.35. The van der Waals surface area contributed by atoms with Crippen LogP contribution in [0.3, 0.4) is 0 Å². The summed E-state index contributed by atoms with van der Waals surface area (Å²) in [7, 11) is 0. The van der Waals surface area contributed by atoms with E-state index in [9.17, 15) is 29.3 Å². The Bertz CT molecular complexity index is 883. The van der Waals surface area contributed by atoms with Gasteiger partial charge in [-0.2, -0.15) is 0 Å². The molecule has 10 nitrogen and oxygen atoms in total. The first-order valence-electron chi connectivity index (χ1n) is 9.53. The zero-order valence-electron chi connectivity index (χ0n) is 16.3. The van der Waals surface area contributed by atoms with Crippen LogP contribution in [0.15, 0.2) is 36.4 Å². The SMILES string of the molecule is C[C@@H](OC(=O)CCN1C(=O)[C@H]2CC=CC[C@H]2C1=O)C(=O)Nc1ccc([N+](=O)[O-])cc1. The van der Waals surface area contributed by atoms with Crippen molar-refractivity contribution in [2.45, 2.75) is 32.3 Å². The number of carbonyl (C=O) groups excluding carboxylic acids is 4. The number of rotatable bonds is 7. The van der Waals surface area contributed by atoms with E-state index in [-0.39, 0.29) is 42.3 Å². The molecule has 0 aromatic heterocycles. The minimum Gasteiger partial charge on any atom is -0.452 e. The number of hydrogen-bond acceptors (Lipinski definition) is 7. The molecule has 1 heterocycles. The standard InChI is InChI=1S/C20H21N3O7/c1-12(18(25)21-13-6-8-14(9-7-13)23(28)29)30-17(24)10-11-22-19(26)15-4-2-3-5-16(15)20(22)27/h2-3,6-9,12,15-16H,4-5,10-11H2,1H3,(H,21,25)/t12-,15-,16+/m1/s1. The van der Waals surface area contributed by atoms with Gasteiger partial charge in [0.15, 0.2) is 6.10 Å². The van der Waals surface area contributed by atoms with Gasteiger partial charge in [-0.05, 0) is 31.9 Å². The Morgan fingerprint density at radius 2 is 1.73 bits per heavy atom. The number of ether oxygens (including phenoxy) is 1. The molecule has 1 saturated heterocycles. The largest absolute Gasteiger partial charge is 0.452 e. The summed E-state index contributed by atoms with van der Waals surface area (Å²) >= 11 is 0. The van der Waals surface area contributed by atoms with E-state index in [0.717, 1.165) is 4.90 Å². The maximum absolute atomic E-state index is 12.4. The Hall–Kier alpha value is -3.56. The molecule has 10 heteroatoms. The fourth-order valence-electron chi connectivity index (χ4n) is 3.51. The molecular formula is C20H21N3O7. The Morgan fingerprint density at radius 3 is 2.27 bits per heavy atom. The van der Waals surface area contributed by atoms with E-state index in [1.54, 1.807) is 0 Å². The number of nitrogens with zero attached hydrogens (tertiary/aromatic N) is 2. The zero-order valence-corrected chi connectivity index (χ0v) is 16.3. The first-order chi connectivity index (χ1) is 14.3. The molecule has 0 bridgehead atoms. The summed E-state index contributed by atoms with van der Waals surface area (Å²) in [5, 5.41) is 13.1. The Kier molecular flexibility index (Phi) is 6.24. The third-order valence-corrected chi connectivity index (χ3v) is 5.16. The van der Waals surface area contributed by atoms with Gasteiger partial charge in [0.2, 0.25) is 11.8 Å². The van der Waals surface area contributed by atoms with E-state index in [4.69, 9.17) is 4.74 Å². The van der Waals surface area contributed by atoms with Gasteiger partial charge in [-0.1, -0.05) is 12.2 Å². The van der Waals surface area contributed by atoms with E-state index >= 15 is 0 Å². The lowest BCUT2D eigenvalue weighted by molar-refractivity contribution is -0.384. The molecule has 0 unspecified atom stereocenters. The second-order valence-electron chi connectivity index (χ2n) is 7.16. The number of benzene rings is 1. The van der Waals surface area contributed by atoms with E-state index in [2.05, 4.69) is 5.32 Å². The van der Waals surface area contributed by atoms with Crippen molar-refractivity contribution in [3.05, 3.63) is 46.5 Å². The summed E-state index contributed by atoms with van der Waals surface area (Å²) in [6.07, 6.45) is 3.49. The molecule has 3 rings (SSSR count). The highest BCUT2D eigenvalue weighted by Gasteiger charge is 2.47. The van der Waals surface area contributed by atoms with Gasteiger partial charge in [0, 0.05) is 24.4 Å². The minimum absolute atomic E-state index is 0.0831. The number of likely N-dealkylation sites (tertiary alicyclic amines) is 1. The number of allylic oxidation sites excluding steroid dienone is 2. The number of carbonyl (C=O) groups is 4.